The Morgan fingerprint density at radius 3 is 2.94 bits per heavy atom. The van der Waals surface area contributed by atoms with Gasteiger partial charge in [0.25, 0.3) is 0 Å². The maximum Gasteiger partial charge on any atom is 0.100 e. The molecule has 3 nitrogen and oxygen atoms in total. The first-order valence-electron chi connectivity index (χ1n) is 6.60. The summed E-state index contributed by atoms with van der Waals surface area (Å²) < 4.78 is 1.83. The number of aliphatic hydroxyl groups is 1. The number of aromatic nitrogens is 2. The Labute approximate surface area is 107 Å². The average molecular weight is 255 g/mol. The number of rotatable bonds is 3. The van der Waals surface area contributed by atoms with Gasteiger partial charge < -0.3 is 5.11 Å². The zero-order valence-electron chi connectivity index (χ0n) is 10.1. The highest BCUT2D eigenvalue weighted by molar-refractivity contribution is 6.31. The molecule has 17 heavy (non-hydrogen) atoms. The second-order valence-corrected chi connectivity index (χ2v) is 5.88. The fourth-order valence-electron chi connectivity index (χ4n) is 3.80. The molecule has 94 valence electrons. The molecule has 2 saturated carbocycles. The predicted molar refractivity (Wildman–Crippen MR) is 66.8 cm³/mol. The molecule has 4 heteroatoms. The van der Waals surface area contributed by atoms with Crippen LogP contribution in [0.25, 0.3) is 0 Å². The minimum Gasteiger partial charge on any atom is -0.386 e. The van der Waals surface area contributed by atoms with Crippen molar-refractivity contribution in [1.82, 2.24) is 9.78 Å². The molecule has 0 saturated heterocycles. The molecule has 0 aromatic carbocycles. The third-order valence-electron chi connectivity index (χ3n) is 4.61. The van der Waals surface area contributed by atoms with E-state index in [0.717, 1.165) is 24.6 Å². The van der Waals surface area contributed by atoms with Crippen LogP contribution in [0.15, 0.2) is 6.20 Å². The number of hydrogen-bond acceptors (Lipinski definition) is 2. The molecule has 4 atom stereocenters. The summed E-state index contributed by atoms with van der Waals surface area (Å²) >= 11 is 6.16. The van der Waals surface area contributed by atoms with E-state index in [2.05, 4.69) is 5.10 Å². The normalized spacial score (nSPS) is 33.2. The van der Waals surface area contributed by atoms with Gasteiger partial charge in [0.15, 0.2) is 0 Å². The lowest BCUT2D eigenvalue weighted by Gasteiger charge is -2.27. The lowest BCUT2D eigenvalue weighted by molar-refractivity contribution is 0.0670. The molecule has 1 aromatic rings. The van der Waals surface area contributed by atoms with Crippen molar-refractivity contribution >= 4 is 11.6 Å². The van der Waals surface area contributed by atoms with E-state index >= 15 is 0 Å². The fraction of sp³-hybridized carbons (Fsp3) is 0.769. The lowest BCUT2D eigenvalue weighted by Crippen LogP contribution is -2.22. The van der Waals surface area contributed by atoms with Crippen LogP contribution in [0.3, 0.4) is 0 Å². The molecule has 0 amide bonds. The highest BCUT2D eigenvalue weighted by atomic mass is 35.5. The minimum atomic E-state index is -0.430. The SMILES string of the molecule is CCn1ncc(Cl)c1C(O)C1CC2CCC1C2. The van der Waals surface area contributed by atoms with E-state index < -0.39 is 6.10 Å². The van der Waals surface area contributed by atoms with Crippen LogP contribution >= 0.6 is 11.6 Å². The van der Waals surface area contributed by atoms with E-state index in [9.17, 15) is 5.11 Å². The highest BCUT2D eigenvalue weighted by Crippen LogP contribution is 2.53. The van der Waals surface area contributed by atoms with E-state index in [1.54, 1.807) is 6.20 Å². The molecule has 2 bridgehead atoms. The van der Waals surface area contributed by atoms with Crippen molar-refractivity contribution in [3.63, 3.8) is 0 Å². The molecular formula is C13H19ClN2O. The van der Waals surface area contributed by atoms with Gasteiger partial charge in [0.1, 0.15) is 6.10 Å². The zero-order chi connectivity index (χ0) is 12.0. The van der Waals surface area contributed by atoms with Crippen molar-refractivity contribution in [2.45, 2.75) is 45.3 Å². The number of halogens is 1. The standard InChI is InChI=1S/C13H19ClN2O/c1-2-16-12(11(14)7-15-16)13(17)10-6-8-3-4-9(10)5-8/h7-10,13,17H,2-6H2,1H3. The van der Waals surface area contributed by atoms with Crippen LogP contribution in [-0.4, -0.2) is 14.9 Å². The first-order chi connectivity index (χ1) is 8.20. The minimum absolute atomic E-state index is 0.397. The maximum absolute atomic E-state index is 10.6. The van der Waals surface area contributed by atoms with Gasteiger partial charge in [-0.05, 0) is 43.9 Å². The Balaban J connectivity index is 1.86. The van der Waals surface area contributed by atoms with E-state index in [1.165, 1.54) is 19.3 Å². The number of nitrogens with zero attached hydrogens (tertiary/aromatic N) is 2. The summed E-state index contributed by atoms with van der Waals surface area (Å²) in [7, 11) is 0. The Morgan fingerprint density at radius 1 is 1.53 bits per heavy atom. The molecule has 1 heterocycles. The van der Waals surface area contributed by atoms with E-state index in [-0.39, 0.29) is 0 Å². The van der Waals surface area contributed by atoms with Crippen LogP contribution < -0.4 is 0 Å². The summed E-state index contributed by atoms with van der Waals surface area (Å²) in [5.74, 6) is 1.94. The molecule has 2 aliphatic rings. The van der Waals surface area contributed by atoms with E-state index in [1.807, 2.05) is 11.6 Å². The van der Waals surface area contributed by atoms with Gasteiger partial charge in [0.2, 0.25) is 0 Å². The monoisotopic (exact) mass is 254 g/mol. The largest absolute Gasteiger partial charge is 0.386 e. The van der Waals surface area contributed by atoms with Gasteiger partial charge >= 0.3 is 0 Å². The second-order valence-electron chi connectivity index (χ2n) is 5.48. The molecule has 0 aliphatic heterocycles. The Hall–Kier alpha value is -0.540. The highest BCUT2D eigenvalue weighted by Gasteiger charge is 2.44. The zero-order valence-corrected chi connectivity index (χ0v) is 10.9. The van der Waals surface area contributed by atoms with Gasteiger partial charge in [-0.15, -0.1) is 0 Å². The van der Waals surface area contributed by atoms with Crippen LogP contribution in [0.4, 0.5) is 0 Å². The van der Waals surface area contributed by atoms with Gasteiger partial charge in [-0.1, -0.05) is 18.0 Å². The Kier molecular flexibility index (Phi) is 2.91. The Morgan fingerprint density at radius 2 is 2.35 bits per heavy atom. The third-order valence-corrected chi connectivity index (χ3v) is 4.90. The molecule has 0 radical (unpaired) electrons. The molecule has 2 fully saturated rings. The first-order valence-corrected chi connectivity index (χ1v) is 6.97. The van der Waals surface area contributed by atoms with Gasteiger partial charge in [-0.25, -0.2) is 0 Å². The summed E-state index contributed by atoms with van der Waals surface area (Å²) in [5, 5.41) is 15.4. The molecule has 2 aliphatic carbocycles. The van der Waals surface area contributed by atoms with Gasteiger partial charge in [0.05, 0.1) is 16.9 Å². The topological polar surface area (TPSA) is 38.0 Å². The third kappa shape index (κ3) is 1.80. The average Bonchev–Trinajstić information content (AvgIpc) is 3.01. The Bertz CT molecular complexity index is 418. The summed E-state index contributed by atoms with van der Waals surface area (Å²) in [4.78, 5) is 0. The van der Waals surface area contributed by atoms with Gasteiger partial charge in [-0.2, -0.15) is 5.10 Å². The number of hydrogen-bond donors (Lipinski definition) is 1. The second kappa shape index (κ2) is 4.29. The van der Waals surface area contributed by atoms with Crippen molar-refractivity contribution in [2.75, 3.05) is 0 Å². The predicted octanol–water partition coefficient (Wildman–Crippen LogP) is 3.03. The van der Waals surface area contributed by atoms with Gasteiger partial charge in [-0.3, -0.25) is 4.68 Å². The first kappa shape index (κ1) is 11.5. The van der Waals surface area contributed by atoms with Crippen molar-refractivity contribution in [3.05, 3.63) is 16.9 Å². The quantitative estimate of drug-likeness (QED) is 0.901. The van der Waals surface area contributed by atoms with E-state index in [0.29, 0.717) is 16.9 Å². The summed E-state index contributed by atoms with van der Waals surface area (Å²) in [6.45, 7) is 2.79. The van der Waals surface area contributed by atoms with Gasteiger partial charge in [0, 0.05) is 6.54 Å². The molecule has 1 N–H and O–H groups in total. The summed E-state index contributed by atoms with van der Waals surface area (Å²) in [6, 6.07) is 0. The summed E-state index contributed by atoms with van der Waals surface area (Å²) in [5.41, 5.74) is 0.826. The fourth-order valence-corrected chi connectivity index (χ4v) is 4.05. The van der Waals surface area contributed by atoms with Crippen molar-refractivity contribution < 1.29 is 5.11 Å². The van der Waals surface area contributed by atoms with Crippen LogP contribution in [0.5, 0.6) is 0 Å². The van der Waals surface area contributed by atoms with Crippen LogP contribution in [-0.2, 0) is 6.54 Å². The van der Waals surface area contributed by atoms with Crippen molar-refractivity contribution in [2.24, 2.45) is 17.8 Å². The summed E-state index contributed by atoms with van der Waals surface area (Å²) in [6.07, 6.45) is 6.33. The van der Waals surface area contributed by atoms with Crippen LogP contribution in [0, 0.1) is 17.8 Å². The smallest absolute Gasteiger partial charge is 0.100 e. The molecular weight excluding hydrogens is 236 g/mol. The van der Waals surface area contributed by atoms with Crippen molar-refractivity contribution in [3.8, 4) is 0 Å². The maximum atomic E-state index is 10.6. The van der Waals surface area contributed by atoms with Crippen LogP contribution in [0.1, 0.15) is 44.4 Å². The molecule has 3 rings (SSSR count). The number of aliphatic hydroxyl groups excluding tert-OH is 1. The molecule has 1 aromatic heterocycles. The molecule has 0 spiro atoms. The number of aryl methyl sites for hydroxylation is 1. The molecule has 4 unspecified atom stereocenters. The number of fused-ring (bicyclic) bond motifs is 2. The van der Waals surface area contributed by atoms with E-state index in [4.69, 9.17) is 11.6 Å². The lowest BCUT2D eigenvalue weighted by atomic mass is 9.83. The van der Waals surface area contributed by atoms with Crippen LogP contribution in [0.2, 0.25) is 5.02 Å². The van der Waals surface area contributed by atoms with Crippen molar-refractivity contribution in [1.29, 1.82) is 0 Å².